The Labute approximate surface area is 163 Å². The number of carbonyl (C=O) groups is 1. The highest BCUT2D eigenvalue weighted by Gasteiger charge is 2.24. The fraction of sp³-hybridized carbons (Fsp3) is 0.389. The number of benzene rings is 1. The van der Waals surface area contributed by atoms with Crippen molar-refractivity contribution in [1.82, 2.24) is 9.13 Å². The van der Waals surface area contributed by atoms with Crippen molar-refractivity contribution < 1.29 is 9.53 Å². The third kappa shape index (κ3) is 3.14. The number of hydrogen-bond donors (Lipinski definition) is 0. The molecule has 0 spiro atoms. The number of halogens is 2. The Morgan fingerprint density at radius 3 is 2.62 bits per heavy atom. The zero-order valence-electron chi connectivity index (χ0n) is 14.6. The molecule has 1 aliphatic carbocycles. The fourth-order valence-corrected chi connectivity index (χ4v) is 4.06. The summed E-state index contributed by atoms with van der Waals surface area (Å²) in [5, 5.41) is 0.190. The Morgan fingerprint density at radius 2 is 1.96 bits per heavy atom. The van der Waals surface area contributed by atoms with Gasteiger partial charge in [0.2, 0.25) is 0 Å². The Hall–Kier alpha value is -1.86. The van der Waals surface area contributed by atoms with Gasteiger partial charge in [-0.1, -0.05) is 11.6 Å². The molecule has 0 saturated heterocycles. The summed E-state index contributed by atoms with van der Waals surface area (Å²) in [6, 6.07) is 2.91. The highest BCUT2D eigenvalue weighted by atomic mass is 79.9. The second kappa shape index (κ2) is 7.04. The van der Waals surface area contributed by atoms with Crippen molar-refractivity contribution >= 4 is 33.5 Å². The number of esters is 1. The van der Waals surface area contributed by atoms with Gasteiger partial charge in [0.15, 0.2) is 0 Å². The first-order valence-corrected chi connectivity index (χ1v) is 9.43. The fourth-order valence-electron chi connectivity index (χ4n) is 3.17. The van der Waals surface area contributed by atoms with Crippen LogP contribution in [0.5, 0.6) is 0 Å². The van der Waals surface area contributed by atoms with Crippen LogP contribution in [-0.4, -0.2) is 21.2 Å². The molecule has 0 fully saturated rings. The summed E-state index contributed by atoms with van der Waals surface area (Å²) in [6.07, 6.45) is 1.86. The first-order chi connectivity index (χ1) is 12.2. The molecule has 1 aliphatic rings. The van der Waals surface area contributed by atoms with Gasteiger partial charge >= 0.3 is 11.7 Å². The van der Waals surface area contributed by atoms with Crippen molar-refractivity contribution in [3.05, 3.63) is 59.3 Å². The van der Waals surface area contributed by atoms with Crippen molar-refractivity contribution in [3.63, 3.8) is 0 Å². The van der Waals surface area contributed by atoms with Gasteiger partial charge in [-0.2, -0.15) is 0 Å². The molecule has 0 N–H and O–H groups in total. The zero-order valence-corrected chi connectivity index (χ0v) is 17.0. The lowest BCUT2D eigenvalue weighted by Crippen LogP contribution is -2.40. The second-order valence-corrected chi connectivity index (χ2v) is 7.76. The number of ether oxygens (including phenoxy) is 1. The maximum atomic E-state index is 12.9. The van der Waals surface area contributed by atoms with Gasteiger partial charge in [0, 0.05) is 22.8 Å². The lowest BCUT2D eigenvalue weighted by Gasteiger charge is -2.15. The molecule has 0 atom stereocenters. The van der Waals surface area contributed by atoms with E-state index in [1.165, 1.54) is 16.7 Å². The van der Waals surface area contributed by atoms with E-state index >= 15 is 0 Å². The highest BCUT2D eigenvalue weighted by molar-refractivity contribution is 9.10. The molecule has 0 radical (unpaired) electrons. The Bertz CT molecular complexity index is 1020. The van der Waals surface area contributed by atoms with Gasteiger partial charge in [-0.05, 0) is 61.2 Å². The minimum Gasteiger partial charge on any atom is -0.459 e. The summed E-state index contributed by atoms with van der Waals surface area (Å²) < 4.78 is 8.17. The molecule has 0 aliphatic heterocycles. The van der Waals surface area contributed by atoms with Crippen LogP contribution in [0.1, 0.15) is 41.9 Å². The van der Waals surface area contributed by atoms with Crippen LogP contribution in [0.25, 0.3) is 5.69 Å². The third-order valence-electron chi connectivity index (χ3n) is 4.37. The third-order valence-corrected chi connectivity index (χ3v) is 5.33. The number of aromatic nitrogens is 2. The normalized spacial score (nSPS) is 13.2. The van der Waals surface area contributed by atoms with Crippen molar-refractivity contribution in [3.8, 4) is 5.69 Å². The van der Waals surface area contributed by atoms with Crippen molar-refractivity contribution in [2.24, 2.45) is 7.05 Å². The molecule has 2 aromatic rings. The lowest BCUT2D eigenvalue weighted by atomic mass is 10.2. The molecular formula is C18H18BrClN2O4. The maximum absolute atomic E-state index is 12.9. The predicted octanol–water partition coefficient (Wildman–Crippen LogP) is 3.01. The van der Waals surface area contributed by atoms with E-state index in [0.717, 1.165) is 16.7 Å². The molecule has 1 aromatic heterocycles. The predicted molar refractivity (Wildman–Crippen MR) is 103 cm³/mol. The van der Waals surface area contributed by atoms with Crippen LogP contribution in [0.2, 0.25) is 5.02 Å². The number of nitrogens with zero attached hydrogens (tertiary/aromatic N) is 2. The highest BCUT2D eigenvalue weighted by Crippen LogP contribution is 2.28. The number of rotatable bonds is 3. The van der Waals surface area contributed by atoms with E-state index in [0.29, 0.717) is 22.9 Å². The summed E-state index contributed by atoms with van der Waals surface area (Å²) in [7, 11) is 1.64. The van der Waals surface area contributed by atoms with E-state index in [1.54, 1.807) is 20.9 Å². The van der Waals surface area contributed by atoms with Crippen LogP contribution in [0.3, 0.4) is 0 Å². The summed E-state index contributed by atoms with van der Waals surface area (Å²) in [6.45, 7) is 3.48. The van der Waals surface area contributed by atoms with Gasteiger partial charge in [0.05, 0.1) is 22.4 Å². The smallest absolute Gasteiger partial charge is 0.339 e. The summed E-state index contributed by atoms with van der Waals surface area (Å²) in [5.41, 5.74) is 0.899. The molecule has 1 aromatic carbocycles. The molecule has 8 heteroatoms. The zero-order chi connectivity index (χ0) is 19.2. The quantitative estimate of drug-likeness (QED) is 0.687. The van der Waals surface area contributed by atoms with Gasteiger partial charge in [0.1, 0.15) is 0 Å². The molecule has 3 rings (SSSR count). The van der Waals surface area contributed by atoms with E-state index in [2.05, 4.69) is 15.9 Å². The van der Waals surface area contributed by atoms with E-state index in [-0.39, 0.29) is 27.9 Å². The van der Waals surface area contributed by atoms with Gasteiger partial charge in [-0.3, -0.25) is 4.79 Å². The van der Waals surface area contributed by atoms with Gasteiger partial charge in [-0.25, -0.2) is 14.2 Å². The van der Waals surface area contributed by atoms with Crippen LogP contribution >= 0.6 is 27.5 Å². The molecule has 1 heterocycles. The summed E-state index contributed by atoms with van der Waals surface area (Å²) in [4.78, 5) is 38.0. The topological polar surface area (TPSA) is 70.3 Å². The lowest BCUT2D eigenvalue weighted by molar-refractivity contribution is 0.0377. The van der Waals surface area contributed by atoms with Crippen molar-refractivity contribution in [1.29, 1.82) is 0 Å². The van der Waals surface area contributed by atoms with Crippen LogP contribution in [-0.2, 0) is 24.6 Å². The summed E-state index contributed by atoms with van der Waals surface area (Å²) >= 11 is 9.59. The molecule has 0 amide bonds. The minimum absolute atomic E-state index is 0.172. The van der Waals surface area contributed by atoms with Crippen molar-refractivity contribution in [2.75, 3.05) is 0 Å². The summed E-state index contributed by atoms with van der Waals surface area (Å²) in [5.74, 6) is -0.559. The Morgan fingerprint density at radius 1 is 1.27 bits per heavy atom. The number of carbonyl (C=O) groups excluding carboxylic acids is 1. The molecule has 0 bridgehead atoms. The second-order valence-electron chi connectivity index (χ2n) is 6.50. The SMILES string of the molecule is CC(C)OC(=O)c1cc(-n2c(=O)c3c(n(C)c2=O)CCC3)c(Cl)cc1Br. The van der Waals surface area contributed by atoms with Gasteiger partial charge < -0.3 is 9.30 Å². The first-order valence-electron chi connectivity index (χ1n) is 8.26. The maximum Gasteiger partial charge on any atom is 0.339 e. The average Bonchev–Trinajstić information content (AvgIpc) is 3.04. The van der Waals surface area contributed by atoms with E-state index in [9.17, 15) is 14.4 Å². The van der Waals surface area contributed by atoms with E-state index in [1.807, 2.05) is 0 Å². The number of hydrogen-bond acceptors (Lipinski definition) is 4. The monoisotopic (exact) mass is 440 g/mol. The van der Waals surface area contributed by atoms with Gasteiger partial charge in [-0.15, -0.1) is 0 Å². The van der Waals surface area contributed by atoms with Crippen LogP contribution < -0.4 is 11.2 Å². The van der Waals surface area contributed by atoms with Crippen LogP contribution in [0, 0.1) is 0 Å². The largest absolute Gasteiger partial charge is 0.459 e. The van der Waals surface area contributed by atoms with Gasteiger partial charge in [0.25, 0.3) is 5.56 Å². The Balaban J connectivity index is 2.26. The Kier molecular flexibility index (Phi) is 5.12. The molecule has 0 unspecified atom stereocenters. The molecule has 6 nitrogen and oxygen atoms in total. The first kappa shape index (κ1) is 18.9. The van der Waals surface area contributed by atoms with Crippen LogP contribution in [0.15, 0.2) is 26.2 Å². The van der Waals surface area contributed by atoms with Crippen LogP contribution in [0.4, 0.5) is 0 Å². The minimum atomic E-state index is -0.559. The van der Waals surface area contributed by atoms with E-state index < -0.39 is 11.7 Å². The standard InChI is InChI=1S/C18H18BrClN2O4/c1-9(2)26-17(24)11-7-15(13(20)8-12(11)19)22-16(23)10-5-4-6-14(10)21(3)18(22)25/h7-9H,4-6H2,1-3H3. The molecular weight excluding hydrogens is 424 g/mol. The molecule has 0 saturated carbocycles. The average molecular weight is 442 g/mol. The number of fused-ring (bicyclic) bond motifs is 1. The molecule has 26 heavy (non-hydrogen) atoms. The molecule has 138 valence electrons. The van der Waals surface area contributed by atoms with Crippen molar-refractivity contribution in [2.45, 2.75) is 39.2 Å². The van der Waals surface area contributed by atoms with E-state index in [4.69, 9.17) is 16.3 Å².